The molecule has 7 heteroatoms. The highest BCUT2D eigenvalue weighted by Crippen LogP contribution is 2.27. The molecule has 1 atom stereocenters. The highest BCUT2D eigenvalue weighted by Gasteiger charge is 2.29. The van der Waals surface area contributed by atoms with Crippen molar-refractivity contribution >= 4 is 15.9 Å². The number of piperidine rings is 1. The van der Waals surface area contributed by atoms with Gasteiger partial charge >= 0.3 is 0 Å². The smallest absolute Gasteiger partial charge is 0.253 e. The highest BCUT2D eigenvalue weighted by molar-refractivity contribution is 7.89. The van der Waals surface area contributed by atoms with Gasteiger partial charge in [-0.25, -0.2) is 8.42 Å². The number of hydrogen-bond donors (Lipinski definition) is 1. The third kappa shape index (κ3) is 4.75. The van der Waals surface area contributed by atoms with E-state index in [2.05, 4.69) is 0 Å². The molecule has 0 spiro atoms. The van der Waals surface area contributed by atoms with Crippen LogP contribution in [0.4, 0.5) is 0 Å². The maximum absolute atomic E-state index is 12.9. The van der Waals surface area contributed by atoms with Gasteiger partial charge in [0, 0.05) is 38.3 Å². The lowest BCUT2D eigenvalue weighted by Crippen LogP contribution is -2.40. The minimum absolute atomic E-state index is 0.0628. The van der Waals surface area contributed by atoms with Gasteiger partial charge in [-0.05, 0) is 62.3 Å². The van der Waals surface area contributed by atoms with Crippen LogP contribution < -0.4 is 0 Å². The number of aliphatic hydroxyl groups excluding tert-OH is 1. The third-order valence-electron chi connectivity index (χ3n) is 6.21. The first-order valence-corrected chi connectivity index (χ1v) is 11.9. The van der Waals surface area contributed by atoms with Gasteiger partial charge in [-0.2, -0.15) is 4.31 Å². The van der Waals surface area contributed by atoms with Crippen LogP contribution in [0.1, 0.15) is 61.7 Å². The molecule has 1 aromatic rings. The van der Waals surface area contributed by atoms with Gasteiger partial charge in [0.05, 0.1) is 4.90 Å². The topological polar surface area (TPSA) is 77.9 Å². The summed E-state index contributed by atoms with van der Waals surface area (Å²) in [6.45, 7) is 1.52. The number of carbonyl (C=O) groups is 1. The molecule has 0 aromatic heterocycles. The summed E-state index contributed by atoms with van der Waals surface area (Å²) in [5, 5.41) is 9.14. The molecule has 1 saturated heterocycles. The zero-order chi connectivity index (χ0) is 20.1. The zero-order valence-corrected chi connectivity index (χ0v) is 17.5. The van der Waals surface area contributed by atoms with Crippen LogP contribution in [0.15, 0.2) is 29.2 Å². The molecule has 1 saturated carbocycles. The van der Waals surface area contributed by atoms with Crippen molar-refractivity contribution in [3.63, 3.8) is 0 Å². The first kappa shape index (κ1) is 21.3. The highest BCUT2D eigenvalue weighted by atomic mass is 32.2. The molecule has 6 nitrogen and oxygen atoms in total. The Balaban J connectivity index is 1.69. The number of hydrogen-bond acceptors (Lipinski definition) is 4. The van der Waals surface area contributed by atoms with Crippen molar-refractivity contribution in [1.82, 2.24) is 9.21 Å². The number of sulfonamides is 1. The van der Waals surface area contributed by atoms with E-state index >= 15 is 0 Å². The van der Waals surface area contributed by atoms with Crippen molar-refractivity contribution < 1.29 is 18.3 Å². The number of nitrogens with zero attached hydrogens (tertiary/aromatic N) is 2. The van der Waals surface area contributed by atoms with E-state index in [-0.39, 0.29) is 23.5 Å². The second-order valence-corrected chi connectivity index (χ2v) is 10.1. The van der Waals surface area contributed by atoms with Crippen molar-refractivity contribution in [2.75, 3.05) is 26.7 Å². The Morgan fingerprint density at radius 1 is 1.11 bits per heavy atom. The van der Waals surface area contributed by atoms with Gasteiger partial charge in [0.1, 0.15) is 0 Å². The molecule has 0 bridgehead atoms. The van der Waals surface area contributed by atoms with Crippen molar-refractivity contribution in [2.24, 2.45) is 5.92 Å². The number of likely N-dealkylation sites (tertiary alicyclic amines) is 1. The monoisotopic (exact) mass is 408 g/mol. The zero-order valence-electron chi connectivity index (χ0n) is 16.7. The molecule has 1 N–H and O–H groups in total. The van der Waals surface area contributed by atoms with Crippen LogP contribution in [-0.2, 0) is 10.0 Å². The van der Waals surface area contributed by atoms with E-state index in [0.29, 0.717) is 31.0 Å². The molecule has 0 radical (unpaired) electrons. The van der Waals surface area contributed by atoms with Crippen molar-refractivity contribution in [1.29, 1.82) is 0 Å². The van der Waals surface area contributed by atoms with Crippen molar-refractivity contribution in [3.05, 3.63) is 29.8 Å². The van der Waals surface area contributed by atoms with Crippen molar-refractivity contribution in [2.45, 2.75) is 62.3 Å². The van der Waals surface area contributed by atoms with Gasteiger partial charge in [0.15, 0.2) is 0 Å². The van der Waals surface area contributed by atoms with E-state index in [9.17, 15) is 13.2 Å². The average Bonchev–Trinajstić information content (AvgIpc) is 2.74. The lowest BCUT2D eigenvalue weighted by molar-refractivity contribution is 0.0653. The predicted molar refractivity (Wildman–Crippen MR) is 109 cm³/mol. The second-order valence-electron chi connectivity index (χ2n) is 8.11. The van der Waals surface area contributed by atoms with E-state index in [4.69, 9.17) is 5.11 Å². The summed E-state index contributed by atoms with van der Waals surface area (Å²) in [6, 6.07) is 6.42. The van der Waals surface area contributed by atoms with Crippen LogP contribution in [0, 0.1) is 5.92 Å². The SMILES string of the molecule is CN(C1CCCCC1)S(=O)(=O)c1ccc(C(=O)N2CCCC(CCO)C2)cc1. The molecule has 2 aliphatic rings. The van der Waals surface area contributed by atoms with Crippen LogP contribution in [-0.4, -0.2) is 61.4 Å². The Morgan fingerprint density at radius 2 is 1.79 bits per heavy atom. The predicted octanol–water partition coefficient (Wildman–Crippen LogP) is 2.87. The number of amides is 1. The van der Waals surface area contributed by atoms with E-state index in [0.717, 1.165) is 38.5 Å². The summed E-state index contributed by atoms with van der Waals surface area (Å²) in [5.74, 6) is 0.277. The molecule has 1 heterocycles. The van der Waals surface area contributed by atoms with E-state index in [1.165, 1.54) is 10.7 Å². The summed E-state index contributed by atoms with van der Waals surface area (Å²) in [7, 11) is -1.88. The number of carbonyl (C=O) groups excluding carboxylic acids is 1. The van der Waals surface area contributed by atoms with Gasteiger partial charge < -0.3 is 10.0 Å². The first-order chi connectivity index (χ1) is 13.4. The first-order valence-electron chi connectivity index (χ1n) is 10.4. The molecular weight excluding hydrogens is 376 g/mol. The second kappa shape index (κ2) is 9.37. The molecule has 28 heavy (non-hydrogen) atoms. The fourth-order valence-corrected chi connectivity index (χ4v) is 5.84. The van der Waals surface area contributed by atoms with Gasteiger partial charge in [-0.15, -0.1) is 0 Å². The fraction of sp³-hybridized carbons (Fsp3) is 0.667. The Labute approximate surface area is 168 Å². The third-order valence-corrected chi connectivity index (χ3v) is 8.14. The summed E-state index contributed by atoms with van der Waals surface area (Å²) >= 11 is 0. The van der Waals surface area contributed by atoms with Gasteiger partial charge in [-0.1, -0.05) is 19.3 Å². The normalized spacial score (nSPS) is 21.8. The molecule has 1 unspecified atom stereocenters. The Kier molecular flexibility index (Phi) is 7.12. The molecule has 1 aromatic carbocycles. The minimum Gasteiger partial charge on any atom is -0.396 e. The summed E-state index contributed by atoms with van der Waals surface area (Å²) in [6.07, 6.45) is 7.85. The Bertz CT molecular complexity index is 755. The van der Waals surface area contributed by atoms with E-state index in [1.54, 1.807) is 31.3 Å². The molecule has 1 aliphatic carbocycles. The number of benzene rings is 1. The minimum atomic E-state index is -3.54. The molecule has 3 rings (SSSR count). The summed E-state index contributed by atoms with van der Waals surface area (Å²) < 4.78 is 27.4. The van der Waals surface area contributed by atoms with E-state index in [1.807, 2.05) is 4.90 Å². The van der Waals surface area contributed by atoms with Crippen LogP contribution in [0.2, 0.25) is 0 Å². The van der Waals surface area contributed by atoms with Gasteiger partial charge in [-0.3, -0.25) is 4.79 Å². The summed E-state index contributed by atoms with van der Waals surface area (Å²) in [4.78, 5) is 14.9. The molecule has 1 aliphatic heterocycles. The molecule has 1 amide bonds. The lowest BCUT2D eigenvalue weighted by atomic mass is 9.94. The van der Waals surface area contributed by atoms with E-state index < -0.39 is 10.0 Å². The van der Waals surface area contributed by atoms with Gasteiger partial charge in [0.25, 0.3) is 5.91 Å². The molecule has 2 fully saturated rings. The average molecular weight is 409 g/mol. The molecule has 156 valence electrons. The van der Waals surface area contributed by atoms with Crippen LogP contribution in [0.5, 0.6) is 0 Å². The fourth-order valence-electron chi connectivity index (χ4n) is 4.43. The maximum atomic E-state index is 12.9. The van der Waals surface area contributed by atoms with Crippen LogP contribution >= 0.6 is 0 Å². The standard InChI is InChI=1S/C21H32N2O4S/c1-22(19-7-3-2-4-8-19)28(26,27)20-11-9-18(10-12-20)21(25)23-14-5-6-17(16-23)13-15-24/h9-12,17,19,24H,2-8,13-16H2,1H3. The largest absolute Gasteiger partial charge is 0.396 e. The van der Waals surface area contributed by atoms with Crippen LogP contribution in [0.25, 0.3) is 0 Å². The Hall–Kier alpha value is -1.44. The Morgan fingerprint density at radius 3 is 2.43 bits per heavy atom. The molecular formula is C21H32N2O4S. The van der Waals surface area contributed by atoms with Gasteiger partial charge in [0.2, 0.25) is 10.0 Å². The van der Waals surface area contributed by atoms with Crippen molar-refractivity contribution in [3.8, 4) is 0 Å². The quantitative estimate of drug-likeness (QED) is 0.785. The number of rotatable bonds is 6. The number of aliphatic hydroxyl groups is 1. The summed E-state index contributed by atoms with van der Waals surface area (Å²) in [5.41, 5.74) is 0.518. The maximum Gasteiger partial charge on any atom is 0.253 e. The lowest BCUT2D eigenvalue weighted by Gasteiger charge is -2.32. The van der Waals surface area contributed by atoms with Crippen LogP contribution in [0.3, 0.4) is 0 Å².